The molecule has 0 aromatic heterocycles. The third-order valence-electron chi connectivity index (χ3n) is 2.76. The molecule has 1 N–H and O–H groups in total. The van der Waals surface area contributed by atoms with Crippen molar-refractivity contribution in [3.63, 3.8) is 0 Å². The third-order valence-corrected chi connectivity index (χ3v) is 2.76. The number of benzene rings is 1. The number of hydrogen-bond donors (Lipinski definition) is 1. The predicted molar refractivity (Wildman–Crippen MR) is 62.9 cm³/mol. The Morgan fingerprint density at radius 1 is 1.31 bits per heavy atom. The summed E-state index contributed by atoms with van der Waals surface area (Å²) in [5, 5.41) is 8.96. The van der Waals surface area contributed by atoms with E-state index in [-0.39, 0.29) is 5.56 Å². The lowest BCUT2D eigenvalue weighted by atomic mass is 9.99. The molecule has 0 fully saturated rings. The molecule has 0 bridgehead atoms. The molecule has 1 unspecified atom stereocenters. The van der Waals surface area contributed by atoms with Gasteiger partial charge in [0.15, 0.2) is 0 Å². The molecule has 0 saturated carbocycles. The molecule has 1 atom stereocenters. The van der Waals surface area contributed by atoms with Gasteiger partial charge >= 0.3 is 5.97 Å². The van der Waals surface area contributed by atoms with E-state index < -0.39 is 5.97 Å². The largest absolute Gasteiger partial charge is 0.492 e. The van der Waals surface area contributed by atoms with E-state index in [1.165, 1.54) is 0 Å². The van der Waals surface area contributed by atoms with Crippen LogP contribution in [0.25, 0.3) is 0 Å². The van der Waals surface area contributed by atoms with Crippen LogP contribution in [-0.4, -0.2) is 17.7 Å². The Morgan fingerprint density at radius 2 is 1.94 bits per heavy atom. The zero-order chi connectivity index (χ0) is 12.1. The Hall–Kier alpha value is -1.51. The van der Waals surface area contributed by atoms with E-state index in [1.54, 1.807) is 24.3 Å². The Morgan fingerprint density at radius 3 is 2.50 bits per heavy atom. The molecule has 0 aliphatic rings. The van der Waals surface area contributed by atoms with Crippen molar-refractivity contribution in [2.75, 3.05) is 6.61 Å². The maximum Gasteiger partial charge on any atom is 0.339 e. The highest BCUT2D eigenvalue weighted by atomic mass is 16.5. The lowest BCUT2D eigenvalue weighted by Gasteiger charge is -2.17. The molecule has 0 amide bonds. The van der Waals surface area contributed by atoms with Gasteiger partial charge in [-0.2, -0.15) is 0 Å². The van der Waals surface area contributed by atoms with Gasteiger partial charge < -0.3 is 9.84 Å². The third kappa shape index (κ3) is 3.26. The Bertz CT molecular complexity index is 358. The summed E-state index contributed by atoms with van der Waals surface area (Å²) in [5.41, 5.74) is 0.221. The molecule has 0 aliphatic heterocycles. The van der Waals surface area contributed by atoms with Crippen LogP contribution in [0, 0.1) is 11.8 Å². The van der Waals surface area contributed by atoms with Gasteiger partial charge in [0, 0.05) is 0 Å². The predicted octanol–water partition coefficient (Wildman–Crippen LogP) is 3.06. The standard InChI is InChI=1S/C13H18O3/c1-9(2)10(3)8-16-12-7-5-4-6-11(12)13(14)15/h4-7,9-10H,8H2,1-3H3,(H,14,15). The fraction of sp³-hybridized carbons (Fsp3) is 0.462. The molecule has 88 valence electrons. The first-order chi connectivity index (χ1) is 7.52. The molecule has 1 rings (SSSR count). The van der Waals surface area contributed by atoms with E-state index >= 15 is 0 Å². The van der Waals surface area contributed by atoms with Gasteiger partial charge in [-0.05, 0) is 24.0 Å². The molecule has 0 radical (unpaired) electrons. The summed E-state index contributed by atoms with van der Waals surface area (Å²) >= 11 is 0. The second-order valence-electron chi connectivity index (χ2n) is 4.33. The number of carboxylic acid groups (broad SMARTS) is 1. The van der Waals surface area contributed by atoms with Crippen LogP contribution in [0.2, 0.25) is 0 Å². The lowest BCUT2D eigenvalue weighted by molar-refractivity contribution is 0.0691. The fourth-order valence-electron chi connectivity index (χ4n) is 1.18. The normalized spacial score (nSPS) is 12.5. The number of para-hydroxylation sites is 1. The number of aromatic carboxylic acids is 1. The molecule has 1 aromatic rings. The first-order valence-electron chi connectivity index (χ1n) is 5.47. The van der Waals surface area contributed by atoms with E-state index in [0.29, 0.717) is 24.2 Å². The van der Waals surface area contributed by atoms with Crippen LogP contribution < -0.4 is 4.74 Å². The smallest absolute Gasteiger partial charge is 0.339 e. The summed E-state index contributed by atoms with van der Waals surface area (Å²) < 4.78 is 5.54. The molecule has 3 nitrogen and oxygen atoms in total. The van der Waals surface area contributed by atoms with Crippen molar-refractivity contribution >= 4 is 5.97 Å². The van der Waals surface area contributed by atoms with Crippen molar-refractivity contribution in [1.29, 1.82) is 0 Å². The van der Waals surface area contributed by atoms with Crippen molar-refractivity contribution in [1.82, 2.24) is 0 Å². The zero-order valence-electron chi connectivity index (χ0n) is 9.93. The van der Waals surface area contributed by atoms with Crippen LogP contribution in [0.3, 0.4) is 0 Å². The van der Waals surface area contributed by atoms with Crippen molar-refractivity contribution in [2.45, 2.75) is 20.8 Å². The molecule has 0 spiro atoms. The van der Waals surface area contributed by atoms with E-state index in [1.807, 2.05) is 0 Å². The Balaban J connectivity index is 2.70. The summed E-state index contributed by atoms with van der Waals surface area (Å²) in [6, 6.07) is 6.72. The molecular weight excluding hydrogens is 204 g/mol. The first-order valence-corrected chi connectivity index (χ1v) is 5.47. The first kappa shape index (κ1) is 12.6. The monoisotopic (exact) mass is 222 g/mol. The zero-order valence-corrected chi connectivity index (χ0v) is 9.93. The van der Waals surface area contributed by atoms with E-state index in [0.717, 1.165) is 0 Å². The van der Waals surface area contributed by atoms with Crippen LogP contribution in [0.1, 0.15) is 31.1 Å². The summed E-state index contributed by atoms with van der Waals surface area (Å²) in [4.78, 5) is 10.9. The second kappa shape index (κ2) is 5.54. The Labute approximate surface area is 96.1 Å². The molecule has 3 heteroatoms. The average molecular weight is 222 g/mol. The summed E-state index contributed by atoms with van der Waals surface area (Å²) in [6.07, 6.45) is 0. The van der Waals surface area contributed by atoms with Crippen molar-refractivity contribution in [3.05, 3.63) is 29.8 Å². The van der Waals surface area contributed by atoms with Crippen LogP contribution in [0.5, 0.6) is 5.75 Å². The average Bonchev–Trinajstić information content (AvgIpc) is 2.25. The molecule has 16 heavy (non-hydrogen) atoms. The van der Waals surface area contributed by atoms with Crippen LogP contribution in [0.15, 0.2) is 24.3 Å². The van der Waals surface area contributed by atoms with E-state index in [4.69, 9.17) is 9.84 Å². The van der Waals surface area contributed by atoms with Crippen molar-refractivity contribution in [3.8, 4) is 5.75 Å². The van der Waals surface area contributed by atoms with Crippen LogP contribution in [-0.2, 0) is 0 Å². The topological polar surface area (TPSA) is 46.5 Å². The fourth-order valence-corrected chi connectivity index (χ4v) is 1.18. The van der Waals surface area contributed by atoms with Gasteiger partial charge in [-0.15, -0.1) is 0 Å². The molecule has 0 aliphatic carbocycles. The SMILES string of the molecule is CC(C)C(C)COc1ccccc1C(=O)O. The molecular formula is C13H18O3. The molecule has 0 saturated heterocycles. The molecule has 0 heterocycles. The van der Waals surface area contributed by atoms with Crippen LogP contribution >= 0.6 is 0 Å². The van der Waals surface area contributed by atoms with Gasteiger partial charge in [0.1, 0.15) is 11.3 Å². The van der Waals surface area contributed by atoms with Crippen LogP contribution in [0.4, 0.5) is 0 Å². The number of carboxylic acids is 1. The highest BCUT2D eigenvalue weighted by Crippen LogP contribution is 2.20. The number of ether oxygens (including phenoxy) is 1. The maximum absolute atomic E-state index is 10.9. The van der Waals surface area contributed by atoms with E-state index in [2.05, 4.69) is 20.8 Å². The van der Waals surface area contributed by atoms with Gasteiger partial charge in [0.25, 0.3) is 0 Å². The summed E-state index contributed by atoms with van der Waals surface area (Å²) in [6.45, 7) is 6.88. The minimum atomic E-state index is -0.951. The van der Waals surface area contributed by atoms with Gasteiger partial charge in [-0.25, -0.2) is 4.79 Å². The minimum absolute atomic E-state index is 0.221. The van der Waals surface area contributed by atoms with Gasteiger partial charge in [-0.1, -0.05) is 32.9 Å². The van der Waals surface area contributed by atoms with Gasteiger partial charge in [0.05, 0.1) is 6.61 Å². The maximum atomic E-state index is 10.9. The quantitative estimate of drug-likeness (QED) is 0.832. The van der Waals surface area contributed by atoms with Gasteiger partial charge in [0.2, 0.25) is 0 Å². The highest BCUT2D eigenvalue weighted by Gasteiger charge is 2.12. The highest BCUT2D eigenvalue weighted by molar-refractivity contribution is 5.90. The lowest BCUT2D eigenvalue weighted by Crippen LogP contribution is -2.15. The van der Waals surface area contributed by atoms with Crippen molar-refractivity contribution in [2.24, 2.45) is 11.8 Å². The number of rotatable bonds is 5. The summed E-state index contributed by atoms with van der Waals surface area (Å²) in [5.74, 6) is 0.425. The van der Waals surface area contributed by atoms with E-state index in [9.17, 15) is 4.79 Å². The molecule has 1 aromatic carbocycles. The number of carbonyl (C=O) groups is 1. The number of hydrogen-bond acceptors (Lipinski definition) is 2. The Kier molecular flexibility index (Phi) is 4.35. The minimum Gasteiger partial charge on any atom is -0.492 e. The second-order valence-corrected chi connectivity index (χ2v) is 4.33. The van der Waals surface area contributed by atoms with Crippen molar-refractivity contribution < 1.29 is 14.6 Å². The van der Waals surface area contributed by atoms with Gasteiger partial charge in [-0.3, -0.25) is 0 Å². The summed E-state index contributed by atoms with van der Waals surface area (Å²) in [7, 11) is 0.